The molecule has 0 aliphatic carbocycles. The van der Waals surface area contributed by atoms with Crippen LogP contribution in [0.3, 0.4) is 0 Å². The number of halogens is 1. The molecular weight excluding hydrogens is 388 g/mol. The van der Waals surface area contributed by atoms with Gasteiger partial charge in [0, 0.05) is 17.3 Å². The largest absolute Gasteiger partial charge is 0.356 e. The molecule has 3 rings (SSSR count). The van der Waals surface area contributed by atoms with Crippen LogP contribution in [0, 0.1) is 0 Å². The highest BCUT2D eigenvalue weighted by atomic mass is 35.5. The normalized spacial score (nSPS) is 11.8. The number of nitrogens with one attached hydrogen (secondary N) is 2. The lowest BCUT2D eigenvalue weighted by atomic mass is 10.2. The van der Waals surface area contributed by atoms with E-state index in [0.717, 1.165) is 9.47 Å². The van der Waals surface area contributed by atoms with Crippen molar-refractivity contribution in [3.05, 3.63) is 65.2 Å². The van der Waals surface area contributed by atoms with Gasteiger partial charge in [0.25, 0.3) is 0 Å². The number of amides is 1. The third kappa shape index (κ3) is 5.45. The van der Waals surface area contributed by atoms with Crippen molar-refractivity contribution in [3.63, 3.8) is 0 Å². The molecule has 0 aliphatic rings. The maximum absolute atomic E-state index is 12.3. The molecule has 1 heterocycles. The number of benzene rings is 2. The summed E-state index contributed by atoms with van der Waals surface area (Å²) in [5.41, 5.74) is 1.89. The van der Waals surface area contributed by atoms with Crippen molar-refractivity contribution in [2.45, 2.75) is 23.1 Å². The molecule has 0 unspecified atom stereocenters. The Morgan fingerprint density at radius 3 is 2.62 bits per heavy atom. The first kappa shape index (κ1) is 18.7. The van der Waals surface area contributed by atoms with Crippen molar-refractivity contribution >= 4 is 51.4 Å². The van der Waals surface area contributed by atoms with Gasteiger partial charge in [-0.1, -0.05) is 65.0 Å². The van der Waals surface area contributed by atoms with Crippen LogP contribution in [0.1, 0.15) is 12.5 Å². The summed E-state index contributed by atoms with van der Waals surface area (Å²) in [4.78, 5) is 12.3. The summed E-state index contributed by atoms with van der Waals surface area (Å²) in [6.45, 7) is 2.53. The number of aromatic nitrogens is 2. The van der Waals surface area contributed by atoms with Gasteiger partial charge in [0.2, 0.25) is 11.0 Å². The Morgan fingerprint density at radius 1 is 1.15 bits per heavy atom. The molecule has 3 aromatic rings. The van der Waals surface area contributed by atoms with Crippen LogP contribution in [-0.2, 0) is 11.3 Å². The minimum absolute atomic E-state index is 0.0914. The van der Waals surface area contributed by atoms with Crippen molar-refractivity contribution in [1.29, 1.82) is 0 Å². The van der Waals surface area contributed by atoms with E-state index < -0.39 is 0 Å². The minimum atomic E-state index is -0.291. The third-order valence-electron chi connectivity index (χ3n) is 3.45. The topological polar surface area (TPSA) is 66.9 Å². The molecule has 0 spiro atoms. The molecule has 0 aliphatic heterocycles. The SMILES string of the molecule is C[C@@H](Sc1nnc(NCc2ccccc2)s1)C(=O)Nc1ccc(Cl)cc1. The Hall–Kier alpha value is -2.09. The van der Waals surface area contributed by atoms with Gasteiger partial charge < -0.3 is 10.6 Å². The average molecular weight is 405 g/mol. The molecule has 26 heavy (non-hydrogen) atoms. The zero-order chi connectivity index (χ0) is 18.4. The van der Waals surface area contributed by atoms with Gasteiger partial charge in [0.1, 0.15) is 0 Å². The molecule has 8 heteroatoms. The van der Waals surface area contributed by atoms with E-state index in [4.69, 9.17) is 11.6 Å². The van der Waals surface area contributed by atoms with E-state index in [-0.39, 0.29) is 11.2 Å². The molecule has 2 aromatic carbocycles. The predicted octanol–water partition coefficient (Wildman–Crippen LogP) is 4.92. The number of hydrogen-bond acceptors (Lipinski definition) is 6. The minimum Gasteiger partial charge on any atom is -0.356 e. The number of carbonyl (C=O) groups excluding carboxylic acids is 1. The van der Waals surface area contributed by atoms with Crippen LogP contribution in [0.4, 0.5) is 10.8 Å². The van der Waals surface area contributed by atoms with Gasteiger partial charge in [0.15, 0.2) is 4.34 Å². The smallest absolute Gasteiger partial charge is 0.237 e. The van der Waals surface area contributed by atoms with E-state index >= 15 is 0 Å². The first-order chi connectivity index (χ1) is 12.6. The van der Waals surface area contributed by atoms with Crippen LogP contribution in [0.2, 0.25) is 5.02 Å². The molecule has 1 amide bonds. The Morgan fingerprint density at radius 2 is 1.88 bits per heavy atom. The maximum atomic E-state index is 12.3. The van der Waals surface area contributed by atoms with E-state index in [1.165, 1.54) is 28.7 Å². The summed E-state index contributed by atoms with van der Waals surface area (Å²) >= 11 is 8.67. The summed E-state index contributed by atoms with van der Waals surface area (Å²) in [5, 5.41) is 15.5. The summed E-state index contributed by atoms with van der Waals surface area (Å²) in [5.74, 6) is -0.0914. The number of hydrogen-bond donors (Lipinski definition) is 2. The molecule has 134 valence electrons. The zero-order valence-corrected chi connectivity index (χ0v) is 16.4. The highest BCUT2D eigenvalue weighted by Gasteiger charge is 2.17. The number of anilines is 2. The van der Waals surface area contributed by atoms with E-state index in [1.807, 2.05) is 37.3 Å². The Labute approximate surface area is 165 Å². The lowest BCUT2D eigenvalue weighted by Crippen LogP contribution is -2.22. The summed E-state index contributed by atoms with van der Waals surface area (Å²) < 4.78 is 0.749. The Balaban J connectivity index is 1.51. The van der Waals surface area contributed by atoms with Crippen molar-refractivity contribution < 1.29 is 4.79 Å². The molecule has 5 nitrogen and oxygen atoms in total. The van der Waals surface area contributed by atoms with Crippen molar-refractivity contribution in [2.24, 2.45) is 0 Å². The van der Waals surface area contributed by atoms with Crippen molar-refractivity contribution in [1.82, 2.24) is 10.2 Å². The van der Waals surface area contributed by atoms with Gasteiger partial charge in [-0.05, 0) is 36.8 Å². The molecule has 0 saturated heterocycles. The summed E-state index contributed by atoms with van der Waals surface area (Å²) in [6, 6.07) is 17.1. The second-order valence-corrected chi connectivity index (χ2v) is 8.47. The van der Waals surface area contributed by atoms with Gasteiger partial charge in [0.05, 0.1) is 5.25 Å². The third-order valence-corrected chi connectivity index (χ3v) is 5.77. The zero-order valence-electron chi connectivity index (χ0n) is 14.0. The van der Waals surface area contributed by atoms with Gasteiger partial charge in [-0.3, -0.25) is 4.79 Å². The number of thioether (sulfide) groups is 1. The quantitative estimate of drug-likeness (QED) is 0.547. The summed E-state index contributed by atoms with van der Waals surface area (Å²) in [7, 11) is 0. The molecule has 0 saturated carbocycles. The maximum Gasteiger partial charge on any atom is 0.237 e. The molecule has 1 aromatic heterocycles. The number of carbonyl (C=O) groups is 1. The van der Waals surface area contributed by atoms with E-state index in [1.54, 1.807) is 24.3 Å². The Kier molecular flexibility index (Phi) is 6.49. The predicted molar refractivity (Wildman–Crippen MR) is 109 cm³/mol. The van der Waals surface area contributed by atoms with Crippen LogP contribution in [0.25, 0.3) is 0 Å². The van der Waals surface area contributed by atoms with Gasteiger partial charge in [-0.2, -0.15) is 0 Å². The van der Waals surface area contributed by atoms with E-state index in [2.05, 4.69) is 20.8 Å². The fraction of sp³-hybridized carbons (Fsp3) is 0.167. The van der Waals surface area contributed by atoms with Gasteiger partial charge in [-0.15, -0.1) is 10.2 Å². The first-order valence-corrected chi connectivity index (χ1v) is 10.0. The Bertz CT molecular complexity index is 855. The molecule has 0 bridgehead atoms. The van der Waals surface area contributed by atoms with Crippen molar-refractivity contribution in [2.75, 3.05) is 10.6 Å². The van der Waals surface area contributed by atoms with Crippen molar-refractivity contribution in [3.8, 4) is 0 Å². The van der Waals surface area contributed by atoms with Crippen LogP contribution in [0.5, 0.6) is 0 Å². The van der Waals surface area contributed by atoms with Gasteiger partial charge >= 0.3 is 0 Å². The second-order valence-electron chi connectivity index (χ2n) is 5.47. The first-order valence-electron chi connectivity index (χ1n) is 7.94. The molecule has 1 atom stereocenters. The number of nitrogens with zero attached hydrogens (tertiary/aromatic N) is 2. The highest BCUT2D eigenvalue weighted by Crippen LogP contribution is 2.29. The highest BCUT2D eigenvalue weighted by molar-refractivity contribution is 8.02. The van der Waals surface area contributed by atoms with Crippen LogP contribution in [0.15, 0.2) is 58.9 Å². The van der Waals surface area contributed by atoms with E-state index in [0.29, 0.717) is 17.3 Å². The molecular formula is C18H17ClN4OS2. The molecule has 2 N–H and O–H groups in total. The standard InChI is InChI=1S/C18H17ClN4OS2/c1-12(16(24)21-15-9-7-14(19)8-10-15)25-18-23-22-17(26-18)20-11-13-5-3-2-4-6-13/h2-10,12H,11H2,1H3,(H,20,22)(H,21,24)/t12-/m1/s1. The average Bonchev–Trinajstić information content (AvgIpc) is 3.10. The molecule has 0 fully saturated rings. The fourth-order valence-corrected chi connectivity index (χ4v) is 4.10. The fourth-order valence-electron chi connectivity index (χ4n) is 2.08. The lowest BCUT2D eigenvalue weighted by Gasteiger charge is -2.10. The monoisotopic (exact) mass is 404 g/mol. The van der Waals surface area contributed by atoms with Gasteiger partial charge in [-0.25, -0.2) is 0 Å². The summed E-state index contributed by atoms with van der Waals surface area (Å²) in [6.07, 6.45) is 0. The molecule has 0 radical (unpaired) electrons. The second kappa shape index (κ2) is 9.02. The lowest BCUT2D eigenvalue weighted by molar-refractivity contribution is -0.115. The van der Waals surface area contributed by atoms with Crippen LogP contribution >= 0.6 is 34.7 Å². The number of rotatable bonds is 7. The van der Waals surface area contributed by atoms with Crippen LogP contribution in [-0.4, -0.2) is 21.4 Å². The van der Waals surface area contributed by atoms with Crippen LogP contribution < -0.4 is 10.6 Å². The van der Waals surface area contributed by atoms with E-state index in [9.17, 15) is 4.79 Å².